The molecule has 0 saturated carbocycles. The number of nitrogens with one attached hydrogen (secondary N) is 1. The monoisotopic (exact) mass is 1310 g/mol. The zero-order valence-electron chi connectivity index (χ0n) is 63.8. The van der Waals surface area contributed by atoms with Crippen molar-refractivity contribution in [2.24, 2.45) is 0 Å². The molecule has 0 aromatic rings. The van der Waals surface area contributed by atoms with Crippen molar-refractivity contribution in [1.29, 1.82) is 0 Å². The summed E-state index contributed by atoms with van der Waals surface area (Å²) in [5.74, 6) is -0.0289. The normalized spacial score (nSPS) is 12.4. The van der Waals surface area contributed by atoms with E-state index in [0.717, 1.165) is 38.5 Å². The van der Waals surface area contributed by atoms with Crippen LogP contribution in [-0.4, -0.2) is 47.4 Å². The summed E-state index contributed by atoms with van der Waals surface area (Å²) in [6.07, 6.45) is 107. The van der Waals surface area contributed by atoms with Gasteiger partial charge in [0.25, 0.3) is 0 Å². The third-order valence-corrected chi connectivity index (χ3v) is 20.8. The SMILES string of the molecule is CCCCCCCCCCCCCCCCCCCCCCCC/C=C/C(O)C(CO)NC(=O)CCCCCCCCCCCCCCCCCCCCCCCCCCCCCCCCCCCCCCCCCOC(=O)CCCCCCCCCCCCCCC. The molecule has 0 aliphatic carbocycles. The molecule has 0 radical (unpaired) electrons. The van der Waals surface area contributed by atoms with E-state index in [1.54, 1.807) is 6.08 Å². The number of unbranched alkanes of at least 4 members (excludes halogenated alkanes) is 72. The maximum absolute atomic E-state index is 12.6. The number of esters is 1. The number of ether oxygens (including phenoxy) is 1. The third kappa shape index (κ3) is 79.5. The van der Waals surface area contributed by atoms with Gasteiger partial charge in [-0.3, -0.25) is 9.59 Å². The van der Waals surface area contributed by atoms with Crippen LogP contribution in [0.4, 0.5) is 0 Å². The molecule has 2 atom stereocenters. The van der Waals surface area contributed by atoms with E-state index in [1.807, 2.05) is 6.08 Å². The van der Waals surface area contributed by atoms with Gasteiger partial charge < -0.3 is 20.3 Å². The molecule has 3 N–H and O–H groups in total. The topological polar surface area (TPSA) is 95.9 Å². The molecule has 0 aromatic heterocycles. The number of rotatable bonds is 83. The Bertz CT molecular complexity index is 1420. The van der Waals surface area contributed by atoms with Gasteiger partial charge in [0.15, 0.2) is 0 Å². The van der Waals surface area contributed by atoms with Gasteiger partial charge in [-0.2, -0.15) is 0 Å². The van der Waals surface area contributed by atoms with Crippen LogP contribution in [0, 0.1) is 0 Å². The summed E-state index contributed by atoms with van der Waals surface area (Å²) in [4.78, 5) is 24.6. The molecule has 6 heteroatoms. The van der Waals surface area contributed by atoms with E-state index < -0.39 is 12.1 Å². The van der Waals surface area contributed by atoms with Crippen LogP contribution >= 0.6 is 0 Å². The van der Waals surface area contributed by atoms with Gasteiger partial charge in [-0.05, 0) is 32.1 Å². The van der Waals surface area contributed by atoms with Gasteiger partial charge >= 0.3 is 5.97 Å². The zero-order valence-corrected chi connectivity index (χ0v) is 63.8. The first-order valence-electron chi connectivity index (χ1n) is 43.5. The summed E-state index contributed by atoms with van der Waals surface area (Å²) >= 11 is 0. The highest BCUT2D eigenvalue weighted by molar-refractivity contribution is 5.76. The molecule has 6 nitrogen and oxygen atoms in total. The maximum atomic E-state index is 12.6. The van der Waals surface area contributed by atoms with Crippen molar-refractivity contribution in [3.05, 3.63) is 12.2 Å². The summed E-state index contributed by atoms with van der Waals surface area (Å²) in [6.45, 7) is 4.97. The number of carbonyl (C=O) groups excluding carboxylic acids is 2. The van der Waals surface area contributed by atoms with Crippen molar-refractivity contribution in [3.8, 4) is 0 Å². The average Bonchev–Trinajstić information content (AvgIpc) is 3.65. The second kappa shape index (κ2) is 83.0. The van der Waals surface area contributed by atoms with Gasteiger partial charge in [-0.15, -0.1) is 0 Å². The molecule has 0 saturated heterocycles. The molecule has 0 aromatic carbocycles. The summed E-state index contributed by atoms with van der Waals surface area (Å²) in [5, 5.41) is 23.3. The van der Waals surface area contributed by atoms with Crippen LogP contribution in [0.3, 0.4) is 0 Å². The van der Waals surface area contributed by atoms with Crippen LogP contribution in [-0.2, 0) is 14.3 Å². The Labute approximate surface area is 584 Å². The zero-order chi connectivity index (χ0) is 67.0. The Morgan fingerprint density at radius 3 is 0.731 bits per heavy atom. The van der Waals surface area contributed by atoms with Gasteiger partial charge in [-0.1, -0.05) is 475 Å². The minimum Gasteiger partial charge on any atom is -0.466 e. The van der Waals surface area contributed by atoms with Crippen molar-refractivity contribution in [3.63, 3.8) is 0 Å². The Hall–Kier alpha value is -1.40. The minimum absolute atomic E-state index is 0.0267. The molecule has 1 amide bonds. The molecule has 0 aliphatic heterocycles. The van der Waals surface area contributed by atoms with E-state index >= 15 is 0 Å². The lowest BCUT2D eigenvalue weighted by molar-refractivity contribution is -0.143. The predicted octanol–water partition coefficient (Wildman–Crippen LogP) is 29.0. The van der Waals surface area contributed by atoms with Crippen molar-refractivity contribution in [2.75, 3.05) is 13.2 Å². The van der Waals surface area contributed by atoms with Gasteiger partial charge in [0.2, 0.25) is 5.91 Å². The van der Waals surface area contributed by atoms with Gasteiger partial charge in [0, 0.05) is 12.8 Å². The quantitative estimate of drug-likeness (QED) is 0.0320. The fourth-order valence-electron chi connectivity index (χ4n) is 14.2. The van der Waals surface area contributed by atoms with Crippen LogP contribution in [0.1, 0.15) is 508 Å². The Balaban J connectivity index is 3.31. The highest BCUT2D eigenvalue weighted by atomic mass is 16.5. The molecular weight excluding hydrogens is 1140 g/mol. The Morgan fingerprint density at radius 1 is 0.290 bits per heavy atom. The van der Waals surface area contributed by atoms with Crippen molar-refractivity contribution < 1.29 is 24.5 Å². The maximum Gasteiger partial charge on any atom is 0.305 e. The molecule has 0 bridgehead atoms. The fourth-order valence-corrected chi connectivity index (χ4v) is 14.2. The summed E-state index contributed by atoms with van der Waals surface area (Å²) in [7, 11) is 0. The first-order valence-corrected chi connectivity index (χ1v) is 43.5. The molecule has 93 heavy (non-hydrogen) atoms. The van der Waals surface area contributed by atoms with E-state index in [2.05, 4.69) is 19.2 Å². The summed E-state index contributed by atoms with van der Waals surface area (Å²) in [5.41, 5.74) is 0. The second-order valence-corrected chi connectivity index (χ2v) is 30.2. The molecule has 0 heterocycles. The highest BCUT2D eigenvalue weighted by Crippen LogP contribution is 2.21. The lowest BCUT2D eigenvalue weighted by atomic mass is 10.0. The van der Waals surface area contributed by atoms with Gasteiger partial charge in [0.1, 0.15) is 0 Å². The van der Waals surface area contributed by atoms with E-state index in [1.165, 1.54) is 443 Å². The smallest absolute Gasteiger partial charge is 0.305 e. The largest absolute Gasteiger partial charge is 0.466 e. The van der Waals surface area contributed by atoms with Crippen molar-refractivity contribution >= 4 is 11.9 Å². The molecule has 0 spiro atoms. The van der Waals surface area contributed by atoms with E-state index in [-0.39, 0.29) is 18.5 Å². The van der Waals surface area contributed by atoms with Crippen LogP contribution in [0.2, 0.25) is 0 Å². The summed E-state index contributed by atoms with van der Waals surface area (Å²) < 4.78 is 5.50. The lowest BCUT2D eigenvalue weighted by Gasteiger charge is -2.20. The number of carbonyl (C=O) groups is 2. The Morgan fingerprint density at radius 2 is 0.495 bits per heavy atom. The molecule has 554 valence electrons. The highest BCUT2D eigenvalue weighted by Gasteiger charge is 2.18. The van der Waals surface area contributed by atoms with Crippen LogP contribution in [0.15, 0.2) is 12.2 Å². The van der Waals surface area contributed by atoms with E-state index in [4.69, 9.17) is 4.74 Å². The van der Waals surface area contributed by atoms with Crippen LogP contribution in [0.25, 0.3) is 0 Å². The second-order valence-electron chi connectivity index (χ2n) is 30.2. The number of hydrogen-bond acceptors (Lipinski definition) is 5. The summed E-state index contributed by atoms with van der Waals surface area (Å²) in [6, 6.07) is -0.624. The number of allylic oxidation sites excluding steroid dienone is 1. The van der Waals surface area contributed by atoms with Gasteiger partial charge in [-0.25, -0.2) is 0 Å². The number of aliphatic hydroxyl groups is 2. The van der Waals surface area contributed by atoms with E-state index in [9.17, 15) is 19.8 Å². The van der Waals surface area contributed by atoms with Crippen LogP contribution in [0.5, 0.6) is 0 Å². The van der Waals surface area contributed by atoms with Crippen LogP contribution < -0.4 is 5.32 Å². The molecule has 0 fully saturated rings. The molecule has 0 aliphatic rings. The Kier molecular flexibility index (Phi) is 81.8. The van der Waals surface area contributed by atoms with Gasteiger partial charge in [0.05, 0.1) is 25.4 Å². The lowest BCUT2D eigenvalue weighted by Crippen LogP contribution is -2.45. The number of aliphatic hydroxyl groups excluding tert-OH is 2. The van der Waals surface area contributed by atoms with Crippen molar-refractivity contribution in [1.82, 2.24) is 5.32 Å². The third-order valence-electron chi connectivity index (χ3n) is 20.8. The minimum atomic E-state index is -0.841. The molecular formula is C87H171NO5. The van der Waals surface area contributed by atoms with E-state index in [0.29, 0.717) is 19.4 Å². The standard InChI is InChI=1S/C87H171NO5/c1-3-5-7-9-11-13-15-17-18-19-20-21-22-40-43-46-49-52-56-59-63-67-71-75-79-85(90)84(83-89)88-86(91)80-76-72-68-64-60-57-53-50-47-44-41-38-36-34-32-30-28-26-24-23-25-27-29-31-33-35-37-39-42-45-48-51-54-58-62-66-70-74-78-82-93-87(92)81-77-73-69-65-61-55-16-14-12-10-8-6-4-2/h75,79,84-85,89-90H,3-74,76-78,80-83H2,1-2H3,(H,88,91)/b79-75+. The molecule has 0 rings (SSSR count). The average molecular weight is 1310 g/mol. The fraction of sp³-hybridized carbons (Fsp3) is 0.954. The first kappa shape index (κ1) is 91.6. The number of hydrogen-bond donors (Lipinski definition) is 3. The number of amides is 1. The van der Waals surface area contributed by atoms with Crippen molar-refractivity contribution in [2.45, 2.75) is 520 Å². The molecule has 2 unspecified atom stereocenters. The predicted molar refractivity (Wildman–Crippen MR) is 412 cm³/mol. The first-order chi connectivity index (χ1) is 46.0.